The summed E-state index contributed by atoms with van der Waals surface area (Å²) < 4.78 is 5.47. The van der Waals surface area contributed by atoms with E-state index in [0.29, 0.717) is 6.54 Å². The van der Waals surface area contributed by atoms with Crippen molar-refractivity contribution in [2.75, 3.05) is 20.2 Å². The van der Waals surface area contributed by atoms with Gasteiger partial charge in [0.15, 0.2) is 6.61 Å². The first-order valence-electron chi connectivity index (χ1n) is 6.88. The highest BCUT2D eigenvalue weighted by molar-refractivity contribution is 5.77. The van der Waals surface area contributed by atoms with Crippen LogP contribution in [0.1, 0.15) is 25.3 Å². The van der Waals surface area contributed by atoms with Gasteiger partial charge in [-0.05, 0) is 37.5 Å². The summed E-state index contributed by atoms with van der Waals surface area (Å²) in [6.45, 7) is 3.65. The van der Waals surface area contributed by atoms with Crippen LogP contribution >= 0.6 is 0 Å². The van der Waals surface area contributed by atoms with Crippen LogP contribution in [0.15, 0.2) is 24.3 Å². The number of rotatable bonds is 7. The Bertz CT molecular complexity index is 413. The van der Waals surface area contributed by atoms with Gasteiger partial charge in [0, 0.05) is 26.2 Å². The molecule has 4 nitrogen and oxygen atoms in total. The van der Waals surface area contributed by atoms with E-state index in [-0.39, 0.29) is 12.5 Å². The minimum Gasteiger partial charge on any atom is -0.484 e. The highest BCUT2D eigenvalue weighted by atomic mass is 16.5. The lowest BCUT2D eigenvalue weighted by molar-refractivity contribution is -0.131. The van der Waals surface area contributed by atoms with Gasteiger partial charge in [0.2, 0.25) is 0 Å². The lowest BCUT2D eigenvalue weighted by atomic mass is 10.2. The fourth-order valence-corrected chi connectivity index (χ4v) is 1.68. The number of nitrogens with one attached hydrogen (secondary N) is 1. The van der Waals surface area contributed by atoms with Crippen molar-refractivity contribution in [3.05, 3.63) is 29.8 Å². The van der Waals surface area contributed by atoms with Crippen molar-refractivity contribution in [3.63, 3.8) is 0 Å². The molecule has 0 radical (unpaired) electrons. The molecule has 4 heteroatoms. The normalized spacial score (nSPS) is 14.2. The Balaban J connectivity index is 1.75. The van der Waals surface area contributed by atoms with Gasteiger partial charge in [0.1, 0.15) is 5.75 Å². The minimum absolute atomic E-state index is 0.00183. The summed E-state index contributed by atoms with van der Waals surface area (Å²) in [6, 6.07) is 8.64. The van der Waals surface area contributed by atoms with Crippen LogP contribution in [-0.2, 0) is 11.3 Å². The number of hydrogen-bond donors (Lipinski definition) is 1. The average Bonchev–Trinajstić information content (AvgIpc) is 3.27. The van der Waals surface area contributed by atoms with Crippen LogP contribution in [0, 0.1) is 0 Å². The molecule has 1 fully saturated rings. The van der Waals surface area contributed by atoms with E-state index in [1.54, 1.807) is 11.9 Å². The van der Waals surface area contributed by atoms with E-state index in [1.807, 2.05) is 31.2 Å². The van der Waals surface area contributed by atoms with Crippen molar-refractivity contribution in [1.82, 2.24) is 10.2 Å². The van der Waals surface area contributed by atoms with Crippen molar-refractivity contribution in [2.45, 2.75) is 32.4 Å². The van der Waals surface area contributed by atoms with E-state index >= 15 is 0 Å². The average molecular weight is 262 g/mol. The highest BCUT2D eigenvalue weighted by Crippen LogP contribution is 2.19. The van der Waals surface area contributed by atoms with Gasteiger partial charge in [-0.3, -0.25) is 4.79 Å². The van der Waals surface area contributed by atoms with E-state index in [2.05, 4.69) is 5.32 Å². The number of nitrogens with zero attached hydrogens (tertiary/aromatic N) is 1. The molecule has 104 valence electrons. The van der Waals surface area contributed by atoms with Crippen LogP contribution in [-0.4, -0.2) is 37.0 Å². The number of amides is 1. The van der Waals surface area contributed by atoms with Crippen LogP contribution in [0.5, 0.6) is 5.75 Å². The molecule has 0 unspecified atom stereocenters. The molecule has 1 N–H and O–H groups in total. The van der Waals surface area contributed by atoms with E-state index in [9.17, 15) is 4.79 Å². The van der Waals surface area contributed by atoms with Crippen molar-refractivity contribution >= 4 is 5.91 Å². The maximum absolute atomic E-state index is 11.6. The smallest absolute Gasteiger partial charge is 0.260 e. The Morgan fingerprint density at radius 1 is 1.37 bits per heavy atom. The summed E-state index contributed by atoms with van der Waals surface area (Å²) in [7, 11) is 1.78. The molecule has 0 bridgehead atoms. The molecule has 1 amide bonds. The molecule has 0 heterocycles. The summed E-state index contributed by atoms with van der Waals surface area (Å²) in [6.07, 6.45) is 2.60. The largest absolute Gasteiger partial charge is 0.484 e. The Hall–Kier alpha value is -1.55. The van der Waals surface area contributed by atoms with Crippen molar-refractivity contribution < 1.29 is 9.53 Å². The molecular formula is C15H22N2O2. The van der Waals surface area contributed by atoms with Gasteiger partial charge in [-0.1, -0.05) is 12.1 Å². The Kier molecular flexibility index (Phi) is 4.80. The first-order chi connectivity index (χ1) is 9.19. The third-order valence-electron chi connectivity index (χ3n) is 3.36. The van der Waals surface area contributed by atoms with E-state index < -0.39 is 0 Å². The zero-order chi connectivity index (χ0) is 13.7. The van der Waals surface area contributed by atoms with Gasteiger partial charge in [-0.25, -0.2) is 0 Å². The van der Waals surface area contributed by atoms with E-state index in [1.165, 1.54) is 18.4 Å². The molecule has 19 heavy (non-hydrogen) atoms. The first kappa shape index (κ1) is 13.9. The molecule has 1 aromatic carbocycles. The number of ether oxygens (including phenoxy) is 1. The fraction of sp³-hybridized carbons (Fsp3) is 0.533. The summed E-state index contributed by atoms with van der Waals surface area (Å²) in [4.78, 5) is 13.2. The molecule has 1 aliphatic carbocycles. The van der Waals surface area contributed by atoms with E-state index in [0.717, 1.165) is 18.3 Å². The van der Waals surface area contributed by atoms with Crippen molar-refractivity contribution in [1.29, 1.82) is 0 Å². The molecule has 1 aliphatic rings. The topological polar surface area (TPSA) is 41.6 Å². The first-order valence-corrected chi connectivity index (χ1v) is 6.88. The molecule has 2 rings (SSSR count). The lowest BCUT2D eigenvalue weighted by Gasteiger charge is -2.14. The lowest BCUT2D eigenvalue weighted by Crippen LogP contribution is -2.31. The maximum atomic E-state index is 11.6. The van der Waals surface area contributed by atoms with Crippen LogP contribution in [0.4, 0.5) is 0 Å². The molecule has 0 atom stereocenters. The summed E-state index contributed by atoms with van der Waals surface area (Å²) in [5.41, 5.74) is 1.25. The fourth-order valence-electron chi connectivity index (χ4n) is 1.68. The Morgan fingerprint density at radius 3 is 2.63 bits per heavy atom. The molecular weight excluding hydrogens is 240 g/mol. The summed E-state index contributed by atoms with van der Waals surface area (Å²) in [5, 5.41) is 3.46. The quantitative estimate of drug-likeness (QED) is 0.814. The maximum Gasteiger partial charge on any atom is 0.260 e. The van der Waals surface area contributed by atoms with Gasteiger partial charge in [-0.15, -0.1) is 0 Å². The third kappa shape index (κ3) is 4.56. The third-order valence-corrected chi connectivity index (χ3v) is 3.36. The molecule has 0 aromatic heterocycles. The second kappa shape index (κ2) is 6.57. The number of carbonyl (C=O) groups excluding carboxylic acids is 1. The van der Waals surface area contributed by atoms with E-state index in [4.69, 9.17) is 4.74 Å². The van der Waals surface area contributed by atoms with Crippen LogP contribution in [0.2, 0.25) is 0 Å². The van der Waals surface area contributed by atoms with Crippen LogP contribution < -0.4 is 10.1 Å². The molecule has 1 saturated carbocycles. The van der Waals surface area contributed by atoms with Gasteiger partial charge in [0.25, 0.3) is 5.91 Å². The monoisotopic (exact) mass is 262 g/mol. The predicted octanol–water partition coefficient (Wildman–Crippen LogP) is 1.80. The number of carbonyl (C=O) groups is 1. The molecule has 0 saturated heterocycles. The SMILES string of the molecule is CCN(C)C(=O)COc1ccc(CNC2CC2)cc1. The molecule has 0 aliphatic heterocycles. The highest BCUT2D eigenvalue weighted by Gasteiger charge is 2.19. The summed E-state index contributed by atoms with van der Waals surface area (Å²) in [5.74, 6) is 0.745. The number of benzene rings is 1. The van der Waals surface area contributed by atoms with Gasteiger partial charge >= 0.3 is 0 Å². The molecule has 1 aromatic rings. The van der Waals surface area contributed by atoms with Gasteiger partial charge in [-0.2, -0.15) is 0 Å². The predicted molar refractivity (Wildman–Crippen MR) is 75.1 cm³/mol. The molecule has 0 spiro atoms. The second-order valence-corrected chi connectivity index (χ2v) is 5.00. The number of likely N-dealkylation sites (N-methyl/N-ethyl adjacent to an activating group) is 1. The zero-order valence-corrected chi connectivity index (χ0v) is 11.7. The van der Waals surface area contributed by atoms with Gasteiger partial charge in [0.05, 0.1) is 0 Å². The summed E-state index contributed by atoms with van der Waals surface area (Å²) >= 11 is 0. The van der Waals surface area contributed by atoms with Crippen molar-refractivity contribution in [2.24, 2.45) is 0 Å². The van der Waals surface area contributed by atoms with Crippen LogP contribution in [0.3, 0.4) is 0 Å². The van der Waals surface area contributed by atoms with Gasteiger partial charge < -0.3 is 15.0 Å². The minimum atomic E-state index is 0.00183. The van der Waals surface area contributed by atoms with Crippen molar-refractivity contribution in [3.8, 4) is 5.75 Å². The Morgan fingerprint density at radius 2 is 2.05 bits per heavy atom. The number of hydrogen-bond acceptors (Lipinski definition) is 3. The Labute approximate surface area is 114 Å². The van der Waals surface area contributed by atoms with Crippen LogP contribution in [0.25, 0.3) is 0 Å². The second-order valence-electron chi connectivity index (χ2n) is 5.00. The zero-order valence-electron chi connectivity index (χ0n) is 11.7. The standard InChI is InChI=1S/C15H22N2O2/c1-3-17(2)15(18)11-19-14-8-4-12(5-9-14)10-16-13-6-7-13/h4-5,8-9,13,16H,3,6-7,10-11H2,1-2H3.